The largest absolute Gasteiger partial charge is 0.349 e. The monoisotopic (exact) mass is 358 g/mol. The van der Waals surface area contributed by atoms with Crippen LogP contribution in [0.3, 0.4) is 0 Å². The first-order valence-electron chi connectivity index (χ1n) is 6.66. The maximum atomic E-state index is 12.2. The second-order valence-electron chi connectivity index (χ2n) is 4.54. The van der Waals surface area contributed by atoms with Gasteiger partial charge in [-0.1, -0.05) is 34.1 Å². The zero-order valence-electron chi connectivity index (χ0n) is 11.8. The normalized spacial score (nSPS) is 9.86. The Morgan fingerprint density at radius 1 is 1.05 bits per heavy atom. The molecule has 4 nitrogen and oxygen atoms in total. The van der Waals surface area contributed by atoms with E-state index >= 15 is 0 Å². The van der Waals surface area contributed by atoms with Crippen LogP contribution >= 0.6 is 15.9 Å². The molecule has 5 heteroatoms. The van der Waals surface area contributed by atoms with Gasteiger partial charge in [0.1, 0.15) is 0 Å². The Labute approximate surface area is 137 Å². The summed E-state index contributed by atoms with van der Waals surface area (Å²) in [6, 6.07) is 13.9. The Morgan fingerprint density at radius 3 is 2.41 bits per heavy atom. The molecule has 0 aromatic heterocycles. The van der Waals surface area contributed by atoms with E-state index in [-0.39, 0.29) is 11.8 Å². The van der Waals surface area contributed by atoms with Crippen LogP contribution in [0, 0.1) is 0 Å². The summed E-state index contributed by atoms with van der Waals surface area (Å²) in [7, 11) is 0. The van der Waals surface area contributed by atoms with Crippen LogP contribution in [0.15, 0.2) is 65.7 Å². The highest BCUT2D eigenvalue weighted by atomic mass is 79.9. The van der Waals surface area contributed by atoms with Crippen molar-refractivity contribution in [3.05, 3.63) is 76.8 Å². The van der Waals surface area contributed by atoms with Crippen LogP contribution in [0.1, 0.15) is 20.7 Å². The first-order valence-corrected chi connectivity index (χ1v) is 7.45. The van der Waals surface area contributed by atoms with Crippen LogP contribution in [0.5, 0.6) is 0 Å². The number of hydrogen-bond donors (Lipinski definition) is 2. The van der Waals surface area contributed by atoms with Crippen LogP contribution < -0.4 is 10.6 Å². The lowest BCUT2D eigenvalue weighted by molar-refractivity contribution is 0.0958. The van der Waals surface area contributed by atoms with E-state index in [1.165, 1.54) is 0 Å². The van der Waals surface area contributed by atoms with Crippen molar-refractivity contribution in [2.24, 2.45) is 0 Å². The summed E-state index contributed by atoms with van der Waals surface area (Å²) in [5.41, 5.74) is 1.54. The van der Waals surface area contributed by atoms with Gasteiger partial charge in [0.05, 0.1) is 0 Å². The van der Waals surface area contributed by atoms with Crippen LogP contribution in [0.25, 0.3) is 0 Å². The van der Waals surface area contributed by atoms with Gasteiger partial charge >= 0.3 is 0 Å². The Bertz CT molecular complexity index is 713. The first-order chi connectivity index (χ1) is 10.6. The highest BCUT2D eigenvalue weighted by molar-refractivity contribution is 9.10. The van der Waals surface area contributed by atoms with Crippen molar-refractivity contribution in [1.82, 2.24) is 5.32 Å². The molecule has 0 aliphatic rings. The van der Waals surface area contributed by atoms with Crippen LogP contribution in [0.4, 0.5) is 5.69 Å². The number of hydrogen-bond acceptors (Lipinski definition) is 2. The second-order valence-corrected chi connectivity index (χ2v) is 5.46. The molecule has 0 bridgehead atoms. The molecule has 0 heterocycles. The summed E-state index contributed by atoms with van der Waals surface area (Å²) in [6.45, 7) is 3.93. The first kappa shape index (κ1) is 16.0. The van der Waals surface area contributed by atoms with E-state index in [0.29, 0.717) is 23.4 Å². The van der Waals surface area contributed by atoms with Gasteiger partial charge in [-0.3, -0.25) is 9.59 Å². The number of carbonyl (C=O) groups excluding carboxylic acids is 2. The molecule has 0 saturated heterocycles. The molecule has 112 valence electrons. The summed E-state index contributed by atoms with van der Waals surface area (Å²) in [4.78, 5) is 24.1. The van der Waals surface area contributed by atoms with Gasteiger partial charge < -0.3 is 10.6 Å². The molecule has 0 spiro atoms. The molecule has 22 heavy (non-hydrogen) atoms. The Balaban J connectivity index is 2.13. The Kier molecular flexibility index (Phi) is 5.49. The molecule has 2 N–H and O–H groups in total. The molecule has 0 saturated carbocycles. The van der Waals surface area contributed by atoms with E-state index in [9.17, 15) is 9.59 Å². The van der Waals surface area contributed by atoms with Crippen molar-refractivity contribution >= 4 is 33.4 Å². The Morgan fingerprint density at radius 2 is 1.73 bits per heavy atom. The van der Waals surface area contributed by atoms with Gasteiger partial charge in [-0.15, -0.1) is 6.58 Å². The molecule has 0 radical (unpaired) electrons. The predicted molar refractivity (Wildman–Crippen MR) is 91.1 cm³/mol. The standard InChI is InChI=1S/C17H15BrN2O2/c1-2-9-19-16(21)12-5-3-6-13(10-12)17(22)20-15-8-4-7-14(18)11-15/h2-8,10-11H,1,9H2,(H,19,21)(H,20,22). The highest BCUT2D eigenvalue weighted by Gasteiger charge is 2.10. The van der Waals surface area contributed by atoms with Gasteiger partial charge in [-0.2, -0.15) is 0 Å². The maximum Gasteiger partial charge on any atom is 0.255 e. The molecular formula is C17H15BrN2O2. The summed E-state index contributed by atoms with van der Waals surface area (Å²) < 4.78 is 0.878. The number of halogens is 1. The van der Waals surface area contributed by atoms with Gasteiger partial charge in [0.15, 0.2) is 0 Å². The van der Waals surface area contributed by atoms with Crippen molar-refractivity contribution in [3.8, 4) is 0 Å². The fraction of sp³-hybridized carbons (Fsp3) is 0.0588. The van der Waals surface area contributed by atoms with Crippen molar-refractivity contribution in [2.75, 3.05) is 11.9 Å². The lowest BCUT2D eigenvalue weighted by atomic mass is 10.1. The van der Waals surface area contributed by atoms with Gasteiger partial charge in [-0.25, -0.2) is 0 Å². The van der Waals surface area contributed by atoms with E-state index in [1.54, 1.807) is 42.5 Å². The number of carbonyl (C=O) groups is 2. The average Bonchev–Trinajstić information content (AvgIpc) is 2.52. The minimum atomic E-state index is -0.267. The molecule has 0 aliphatic carbocycles. The van der Waals surface area contributed by atoms with E-state index in [1.807, 2.05) is 12.1 Å². The molecule has 0 atom stereocenters. The molecular weight excluding hydrogens is 344 g/mol. The summed E-state index contributed by atoms with van der Waals surface area (Å²) in [6.07, 6.45) is 1.60. The predicted octanol–water partition coefficient (Wildman–Crippen LogP) is 3.62. The quantitative estimate of drug-likeness (QED) is 0.802. The average molecular weight is 359 g/mol. The maximum absolute atomic E-state index is 12.2. The number of amides is 2. The van der Waals surface area contributed by atoms with E-state index in [2.05, 4.69) is 33.1 Å². The molecule has 2 rings (SSSR count). The fourth-order valence-corrected chi connectivity index (χ4v) is 2.24. The smallest absolute Gasteiger partial charge is 0.255 e. The van der Waals surface area contributed by atoms with Gasteiger partial charge in [0.2, 0.25) is 0 Å². The van der Waals surface area contributed by atoms with Gasteiger partial charge in [0.25, 0.3) is 11.8 Å². The van der Waals surface area contributed by atoms with Crippen molar-refractivity contribution in [3.63, 3.8) is 0 Å². The molecule has 2 aromatic carbocycles. The minimum absolute atomic E-state index is 0.239. The SMILES string of the molecule is C=CCNC(=O)c1cccc(C(=O)Nc2cccc(Br)c2)c1. The molecule has 0 aliphatic heterocycles. The molecule has 0 fully saturated rings. The van der Waals surface area contributed by atoms with Gasteiger partial charge in [-0.05, 0) is 36.4 Å². The third kappa shape index (κ3) is 4.30. The molecule has 2 aromatic rings. The third-order valence-electron chi connectivity index (χ3n) is 2.88. The molecule has 0 unspecified atom stereocenters. The third-order valence-corrected chi connectivity index (χ3v) is 3.37. The van der Waals surface area contributed by atoms with Crippen LogP contribution in [-0.2, 0) is 0 Å². The summed E-state index contributed by atoms with van der Waals surface area (Å²) in [5.74, 6) is -0.506. The van der Waals surface area contributed by atoms with Gasteiger partial charge in [0, 0.05) is 27.8 Å². The van der Waals surface area contributed by atoms with E-state index in [4.69, 9.17) is 0 Å². The minimum Gasteiger partial charge on any atom is -0.349 e. The van der Waals surface area contributed by atoms with Crippen molar-refractivity contribution < 1.29 is 9.59 Å². The van der Waals surface area contributed by atoms with E-state index in [0.717, 1.165) is 4.47 Å². The number of anilines is 1. The second kappa shape index (κ2) is 7.56. The van der Waals surface area contributed by atoms with Crippen LogP contribution in [0.2, 0.25) is 0 Å². The zero-order chi connectivity index (χ0) is 15.9. The summed E-state index contributed by atoms with van der Waals surface area (Å²) >= 11 is 3.35. The fourth-order valence-electron chi connectivity index (χ4n) is 1.84. The van der Waals surface area contributed by atoms with Crippen LogP contribution in [-0.4, -0.2) is 18.4 Å². The summed E-state index contributed by atoms with van der Waals surface area (Å²) in [5, 5.41) is 5.47. The number of benzene rings is 2. The lowest BCUT2D eigenvalue weighted by Crippen LogP contribution is -2.23. The zero-order valence-corrected chi connectivity index (χ0v) is 13.4. The molecule has 2 amide bonds. The number of rotatable bonds is 5. The van der Waals surface area contributed by atoms with E-state index < -0.39 is 0 Å². The lowest BCUT2D eigenvalue weighted by Gasteiger charge is -2.07. The van der Waals surface area contributed by atoms with Crippen molar-refractivity contribution in [2.45, 2.75) is 0 Å². The van der Waals surface area contributed by atoms with Crippen molar-refractivity contribution in [1.29, 1.82) is 0 Å². The number of nitrogens with one attached hydrogen (secondary N) is 2. The Hall–Kier alpha value is -2.40. The topological polar surface area (TPSA) is 58.2 Å². The highest BCUT2D eigenvalue weighted by Crippen LogP contribution is 2.16.